The minimum Gasteiger partial charge on any atom is -0.465 e. The molecule has 3 rings (SSSR count). The van der Waals surface area contributed by atoms with Crippen molar-refractivity contribution in [1.29, 1.82) is 0 Å². The lowest BCUT2D eigenvalue weighted by Crippen LogP contribution is -2.19. The molecule has 0 bridgehead atoms. The molecular weight excluding hydrogens is 280 g/mol. The second-order valence-corrected chi connectivity index (χ2v) is 5.09. The van der Waals surface area contributed by atoms with Gasteiger partial charge in [0.25, 0.3) is 0 Å². The maximum absolute atomic E-state index is 11.8. The number of rotatable bonds is 4. The van der Waals surface area contributed by atoms with Crippen LogP contribution in [-0.2, 0) is 4.74 Å². The summed E-state index contributed by atoms with van der Waals surface area (Å²) in [5.74, 6) is 0.991. The van der Waals surface area contributed by atoms with Crippen molar-refractivity contribution < 1.29 is 9.53 Å². The van der Waals surface area contributed by atoms with Gasteiger partial charge < -0.3 is 15.0 Å². The van der Waals surface area contributed by atoms with E-state index in [2.05, 4.69) is 20.2 Å². The predicted molar refractivity (Wildman–Crippen MR) is 84.5 cm³/mol. The molecule has 0 aliphatic carbocycles. The molecule has 1 fully saturated rings. The van der Waals surface area contributed by atoms with E-state index >= 15 is 0 Å². The van der Waals surface area contributed by atoms with Crippen LogP contribution in [0, 0.1) is 0 Å². The van der Waals surface area contributed by atoms with Crippen LogP contribution in [0.1, 0.15) is 23.2 Å². The Kier molecular flexibility index (Phi) is 4.18. The third-order valence-corrected chi connectivity index (χ3v) is 3.65. The summed E-state index contributed by atoms with van der Waals surface area (Å²) < 4.78 is 4.79. The molecule has 2 aromatic rings. The van der Waals surface area contributed by atoms with Crippen molar-refractivity contribution in [2.75, 3.05) is 30.4 Å². The maximum atomic E-state index is 11.8. The number of nitrogens with zero attached hydrogens (tertiary/aromatic N) is 3. The van der Waals surface area contributed by atoms with E-state index in [1.54, 1.807) is 24.4 Å². The number of ether oxygens (including phenoxy) is 1. The lowest BCUT2D eigenvalue weighted by Gasteiger charge is -2.17. The third kappa shape index (κ3) is 3.00. The molecule has 0 unspecified atom stereocenters. The van der Waals surface area contributed by atoms with Crippen molar-refractivity contribution in [2.24, 2.45) is 0 Å². The van der Waals surface area contributed by atoms with Gasteiger partial charge in [-0.05, 0) is 31.0 Å². The van der Waals surface area contributed by atoms with Gasteiger partial charge in [0.15, 0.2) is 0 Å². The highest BCUT2D eigenvalue weighted by molar-refractivity contribution is 5.96. The number of nitrogens with one attached hydrogen (secondary N) is 1. The number of hydrogen-bond donors (Lipinski definition) is 1. The molecule has 0 atom stereocenters. The Hall–Kier alpha value is -2.63. The molecule has 114 valence electrons. The summed E-state index contributed by atoms with van der Waals surface area (Å²) in [5.41, 5.74) is 1.09. The van der Waals surface area contributed by atoms with Crippen LogP contribution in [0.4, 0.5) is 17.5 Å². The normalized spacial score (nSPS) is 14.0. The second kappa shape index (κ2) is 6.43. The van der Waals surface area contributed by atoms with Crippen molar-refractivity contribution >= 4 is 23.4 Å². The number of para-hydroxylation sites is 1. The lowest BCUT2D eigenvalue weighted by molar-refractivity contribution is 0.0602. The number of hydrogen-bond acceptors (Lipinski definition) is 6. The Morgan fingerprint density at radius 1 is 1.23 bits per heavy atom. The van der Waals surface area contributed by atoms with Gasteiger partial charge in [-0.2, -0.15) is 4.98 Å². The third-order valence-electron chi connectivity index (χ3n) is 3.65. The highest BCUT2D eigenvalue weighted by atomic mass is 16.5. The van der Waals surface area contributed by atoms with Gasteiger partial charge in [0.1, 0.15) is 5.82 Å². The standard InChI is InChI=1S/C16H18N4O2/c1-22-15(21)12-6-2-3-7-13(12)18-16-17-9-8-14(19-16)20-10-4-5-11-20/h2-3,6-9H,4-5,10-11H2,1H3,(H,17,18,19). The molecule has 1 aromatic heterocycles. The zero-order chi connectivity index (χ0) is 15.4. The topological polar surface area (TPSA) is 67.3 Å². The fourth-order valence-corrected chi connectivity index (χ4v) is 2.53. The molecule has 6 heteroatoms. The molecule has 0 saturated carbocycles. The van der Waals surface area contributed by atoms with Gasteiger partial charge in [0.05, 0.1) is 18.4 Å². The van der Waals surface area contributed by atoms with Gasteiger partial charge in [-0.25, -0.2) is 9.78 Å². The Morgan fingerprint density at radius 3 is 2.77 bits per heavy atom. The SMILES string of the molecule is COC(=O)c1ccccc1Nc1nccc(N2CCCC2)n1. The Balaban J connectivity index is 1.84. The summed E-state index contributed by atoms with van der Waals surface area (Å²) in [4.78, 5) is 22.8. The predicted octanol–water partition coefficient (Wildman–Crippen LogP) is 2.61. The largest absolute Gasteiger partial charge is 0.465 e. The maximum Gasteiger partial charge on any atom is 0.339 e. The molecular formula is C16H18N4O2. The molecule has 0 amide bonds. The van der Waals surface area contributed by atoms with Crippen molar-refractivity contribution in [3.63, 3.8) is 0 Å². The first-order chi connectivity index (χ1) is 10.8. The molecule has 1 aromatic carbocycles. The smallest absolute Gasteiger partial charge is 0.339 e. The van der Waals surface area contributed by atoms with Crippen LogP contribution in [0.15, 0.2) is 36.5 Å². The van der Waals surface area contributed by atoms with E-state index < -0.39 is 5.97 Å². The van der Waals surface area contributed by atoms with E-state index in [9.17, 15) is 4.79 Å². The fourth-order valence-electron chi connectivity index (χ4n) is 2.53. The quantitative estimate of drug-likeness (QED) is 0.875. The minimum absolute atomic E-state index is 0.390. The number of esters is 1. The van der Waals surface area contributed by atoms with E-state index in [1.807, 2.05) is 12.1 Å². The zero-order valence-electron chi connectivity index (χ0n) is 12.5. The summed E-state index contributed by atoms with van der Waals surface area (Å²) >= 11 is 0. The molecule has 1 aliphatic rings. The average molecular weight is 298 g/mol. The van der Waals surface area contributed by atoms with E-state index in [0.29, 0.717) is 17.2 Å². The zero-order valence-corrected chi connectivity index (χ0v) is 12.5. The van der Waals surface area contributed by atoms with Crippen LogP contribution >= 0.6 is 0 Å². The van der Waals surface area contributed by atoms with Crippen LogP contribution in [0.3, 0.4) is 0 Å². The summed E-state index contributed by atoms with van der Waals surface area (Å²) in [6.45, 7) is 2.05. The highest BCUT2D eigenvalue weighted by Gasteiger charge is 2.15. The fraction of sp³-hybridized carbons (Fsp3) is 0.312. The van der Waals surface area contributed by atoms with Gasteiger partial charge in [-0.3, -0.25) is 0 Å². The number of benzene rings is 1. The monoisotopic (exact) mass is 298 g/mol. The van der Waals surface area contributed by atoms with Crippen LogP contribution in [0.5, 0.6) is 0 Å². The first kappa shape index (κ1) is 14.3. The lowest BCUT2D eigenvalue weighted by atomic mass is 10.2. The van der Waals surface area contributed by atoms with Crippen molar-refractivity contribution in [2.45, 2.75) is 12.8 Å². The summed E-state index contributed by atoms with van der Waals surface area (Å²) in [7, 11) is 1.36. The Bertz CT molecular complexity index is 669. The molecule has 0 spiro atoms. The van der Waals surface area contributed by atoms with Crippen molar-refractivity contribution in [1.82, 2.24) is 9.97 Å². The molecule has 2 heterocycles. The number of aromatic nitrogens is 2. The summed E-state index contributed by atoms with van der Waals surface area (Å²) in [6.07, 6.45) is 4.11. The number of methoxy groups -OCH3 is 1. The van der Waals surface area contributed by atoms with Gasteiger partial charge >= 0.3 is 5.97 Å². The Labute approximate surface area is 129 Å². The van der Waals surface area contributed by atoms with Crippen molar-refractivity contribution in [3.05, 3.63) is 42.1 Å². The molecule has 1 saturated heterocycles. The summed E-state index contributed by atoms with van der Waals surface area (Å²) in [6, 6.07) is 9.05. The second-order valence-electron chi connectivity index (χ2n) is 5.09. The van der Waals surface area contributed by atoms with Crippen LogP contribution < -0.4 is 10.2 Å². The van der Waals surface area contributed by atoms with Crippen LogP contribution in [0.2, 0.25) is 0 Å². The number of carbonyl (C=O) groups is 1. The highest BCUT2D eigenvalue weighted by Crippen LogP contribution is 2.22. The van der Waals surface area contributed by atoms with E-state index in [1.165, 1.54) is 20.0 Å². The van der Waals surface area contributed by atoms with Gasteiger partial charge in [-0.15, -0.1) is 0 Å². The molecule has 1 aliphatic heterocycles. The summed E-state index contributed by atoms with van der Waals surface area (Å²) in [5, 5.41) is 3.10. The molecule has 0 radical (unpaired) electrons. The average Bonchev–Trinajstić information content (AvgIpc) is 3.09. The van der Waals surface area contributed by atoms with Gasteiger partial charge in [0, 0.05) is 19.3 Å². The van der Waals surface area contributed by atoms with Gasteiger partial charge in [-0.1, -0.05) is 12.1 Å². The Morgan fingerprint density at radius 2 is 2.00 bits per heavy atom. The minimum atomic E-state index is -0.390. The van der Waals surface area contributed by atoms with Gasteiger partial charge in [0.2, 0.25) is 5.95 Å². The van der Waals surface area contributed by atoms with Crippen molar-refractivity contribution in [3.8, 4) is 0 Å². The van der Waals surface area contributed by atoms with E-state index in [0.717, 1.165) is 18.9 Å². The first-order valence-electron chi connectivity index (χ1n) is 7.30. The van der Waals surface area contributed by atoms with E-state index in [4.69, 9.17) is 4.74 Å². The molecule has 6 nitrogen and oxygen atoms in total. The molecule has 1 N–H and O–H groups in total. The first-order valence-corrected chi connectivity index (χ1v) is 7.30. The van der Waals surface area contributed by atoms with Crippen LogP contribution in [-0.4, -0.2) is 36.1 Å². The number of carbonyl (C=O) groups excluding carboxylic acids is 1. The number of anilines is 3. The van der Waals surface area contributed by atoms with Crippen LogP contribution in [0.25, 0.3) is 0 Å². The molecule has 22 heavy (non-hydrogen) atoms. The van der Waals surface area contributed by atoms with E-state index in [-0.39, 0.29) is 0 Å².